The van der Waals surface area contributed by atoms with Crippen molar-refractivity contribution >= 4 is 0 Å². The van der Waals surface area contributed by atoms with E-state index in [0.717, 1.165) is 24.5 Å². The molecule has 2 aliphatic carbocycles. The molecule has 0 amide bonds. The minimum Gasteiger partial charge on any atom is -0.378 e. The molecule has 1 aliphatic heterocycles. The summed E-state index contributed by atoms with van der Waals surface area (Å²) in [5.74, 6) is 1.89. The summed E-state index contributed by atoms with van der Waals surface area (Å²) < 4.78 is 5.77. The third-order valence-corrected chi connectivity index (χ3v) is 6.78. The topological polar surface area (TPSA) is 12.5 Å². The molecule has 2 saturated carbocycles. The minimum atomic E-state index is 0.586. The van der Waals surface area contributed by atoms with Gasteiger partial charge in [-0.15, -0.1) is 0 Å². The summed E-state index contributed by atoms with van der Waals surface area (Å²) in [5.41, 5.74) is 0.672. The number of likely N-dealkylation sites (tertiary alicyclic amines) is 1. The maximum atomic E-state index is 5.77. The van der Waals surface area contributed by atoms with Crippen LogP contribution in [0.2, 0.25) is 0 Å². The van der Waals surface area contributed by atoms with Gasteiger partial charge in [0.05, 0.1) is 6.10 Å². The lowest BCUT2D eigenvalue weighted by molar-refractivity contribution is -0.106. The van der Waals surface area contributed by atoms with Gasteiger partial charge in [-0.1, -0.05) is 13.8 Å². The Morgan fingerprint density at radius 3 is 2.19 bits per heavy atom. The van der Waals surface area contributed by atoms with Crippen molar-refractivity contribution in [3.63, 3.8) is 0 Å². The van der Waals surface area contributed by atoms with Gasteiger partial charge in [-0.25, -0.2) is 0 Å². The highest BCUT2D eigenvalue weighted by atomic mass is 16.5. The van der Waals surface area contributed by atoms with E-state index in [-0.39, 0.29) is 0 Å². The second-order valence-electron chi connectivity index (χ2n) is 8.33. The predicted octanol–water partition coefficient (Wildman–Crippen LogP) is 4.48. The van der Waals surface area contributed by atoms with E-state index >= 15 is 0 Å². The van der Waals surface area contributed by atoms with Gasteiger partial charge < -0.3 is 9.64 Å². The number of ether oxygens (including phenoxy) is 1. The minimum absolute atomic E-state index is 0.586. The summed E-state index contributed by atoms with van der Waals surface area (Å²) in [4.78, 5) is 2.83. The second kappa shape index (κ2) is 6.58. The normalized spacial score (nSPS) is 34.3. The zero-order chi connectivity index (χ0) is 14.9. The molecule has 3 fully saturated rings. The van der Waals surface area contributed by atoms with Crippen molar-refractivity contribution in [2.75, 3.05) is 19.7 Å². The van der Waals surface area contributed by atoms with Crippen LogP contribution in [-0.4, -0.2) is 36.7 Å². The molecule has 1 spiro atoms. The second-order valence-corrected chi connectivity index (χ2v) is 8.33. The van der Waals surface area contributed by atoms with E-state index in [2.05, 4.69) is 25.7 Å². The Kier molecular flexibility index (Phi) is 4.95. The molecule has 0 radical (unpaired) electrons. The van der Waals surface area contributed by atoms with Gasteiger partial charge in [-0.05, 0) is 88.6 Å². The van der Waals surface area contributed by atoms with Crippen molar-refractivity contribution in [2.24, 2.45) is 17.3 Å². The van der Waals surface area contributed by atoms with Crippen LogP contribution in [0.5, 0.6) is 0 Å². The Morgan fingerprint density at radius 2 is 1.67 bits per heavy atom. The smallest absolute Gasteiger partial charge is 0.0585 e. The van der Waals surface area contributed by atoms with E-state index in [1.165, 1.54) is 64.5 Å². The highest BCUT2D eigenvalue weighted by Crippen LogP contribution is 2.51. The average molecular weight is 293 g/mol. The lowest BCUT2D eigenvalue weighted by Gasteiger charge is -2.53. The summed E-state index contributed by atoms with van der Waals surface area (Å²) in [5, 5.41) is 0. The molecule has 2 nitrogen and oxygen atoms in total. The van der Waals surface area contributed by atoms with Gasteiger partial charge in [-0.2, -0.15) is 0 Å². The van der Waals surface area contributed by atoms with E-state index in [4.69, 9.17) is 4.74 Å². The molecule has 0 bridgehead atoms. The van der Waals surface area contributed by atoms with Gasteiger partial charge in [0.25, 0.3) is 0 Å². The van der Waals surface area contributed by atoms with Crippen molar-refractivity contribution in [1.29, 1.82) is 0 Å². The molecule has 0 N–H and O–H groups in total. The summed E-state index contributed by atoms with van der Waals surface area (Å²) in [6.45, 7) is 10.5. The molecule has 122 valence electrons. The van der Waals surface area contributed by atoms with Crippen molar-refractivity contribution in [1.82, 2.24) is 4.90 Å². The third kappa shape index (κ3) is 3.47. The Balaban J connectivity index is 1.41. The first-order chi connectivity index (χ1) is 10.1. The quantitative estimate of drug-likeness (QED) is 0.757. The molecule has 3 aliphatic rings. The molecule has 21 heavy (non-hydrogen) atoms. The van der Waals surface area contributed by atoms with E-state index < -0.39 is 0 Å². The maximum absolute atomic E-state index is 5.77. The predicted molar refractivity (Wildman–Crippen MR) is 88.5 cm³/mol. The first-order valence-corrected chi connectivity index (χ1v) is 9.47. The number of rotatable bonds is 4. The highest BCUT2D eigenvalue weighted by Gasteiger charge is 2.46. The van der Waals surface area contributed by atoms with Crippen molar-refractivity contribution in [3.05, 3.63) is 0 Å². The number of hydrogen-bond donors (Lipinski definition) is 0. The molecule has 1 saturated heterocycles. The molecule has 2 heteroatoms. The van der Waals surface area contributed by atoms with E-state index in [1.54, 1.807) is 0 Å². The van der Waals surface area contributed by atoms with Crippen LogP contribution in [0.3, 0.4) is 0 Å². The lowest BCUT2D eigenvalue weighted by Crippen LogP contribution is -2.52. The zero-order valence-electron chi connectivity index (χ0n) is 14.4. The van der Waals surface area contributed by atoms with Gasteiger partial charge in [0.2, 0.25) is 0 Å². The Bertz CT molecular complexity index is 316. The molecule has 0 aromatic rings. The van der Waals surface area contributed by atoms with Gasteiger partial charge in [-0.3, -0.25) is 0 Å². The molecule has 0 atom stereocenters. The maximum Gasteiger partial charge on any atom is 0.0585 e. The number of hydrogen-bond acceptors (Lipinski definition) is 2. The Hall–Kier alpha value is -0.0800. The van der Waals surface area contributed by atoms with Crippen molar-refractivity contribution in [2.45, 2.75) is 84.3 Å². The first kappa shape index (κ1) is 15.8. The average Bonchev–Trinajstić information content (AvgIpc) is 2.47. The van der Waals surface area contributed by atoms with Gasteiger partial charge in [0, 0.05) is 12.6 Å². The first-order valence-electron chi connectivity index (χ1n) is 9.47. The van der Waals surface area contributed by atoms with Crippen molar-refractivity contribution in [3.8, 4) is 0 Å². The van der Waals surface area contributed by atoms with Crippen LogP contribution in [0.1, 0.15) is 72.1 Å². The van der Waals surface area contributed by atoms with Gasteiger partial charge in [0.1, 0.15) is 0 Å². The fraction of sp³-hybridized carbons (Fsp3) is 1.00. The van der Waals surface area contributed by atoms with Crippen LogP contribution in [0, 0.1) is 17.3 Å². The molecule has 3 rings (SSSR count). The summed E-state index contributed by atoms with van der Waals surface area (Å²) in [6, 6.07) is 0.903. The molecule has 0 aromatic heterocycles. The number of piperidine rings is 1. The van der Waals surface area contributed by atoms with Crippen LogP contribution >= 0.6 is 0 Å². The summed E-state index contributed by atoms with van der Waals surface area (Å²) >= 11 is 0. The molecule has 0 unspecified atom stereocenters. The molecule has 1 heterocycles. The molecular weight excluding hydrogens is 258 g/mol. The highest BCUT2D eigenvalue weighted by molar-refractivity contribution is 4.99. The third-order valence-electron chi connectivity index (χ3n) is 6.78. The fourth-order valence-corrected chi connectivity index (χ4v) is 5.16. The standard InChI is InChI=1S/C19H35NO/c1-4-21-18-13-19(14-18)9-11-20(12-10-19)17-7-5-16(6-8-17)15(2)3/h15-18H,4-14H2,1-3H3. The van der Waals surface area contributed by atoms with E-state index in [1.807, 2.05) is 0 Å². The molecular formula is C19H35NO. The lowest BCUT2D eigenvalue weighted by atomic mass is 9.61. The Morgan fingerprint density at radius 1 is 1.05 bits per heavy atom. The van der Waals surface area contributed by atoms with Crippen LogP contribution in [0.25, 0.3) is 0 Å². The SMILES string of the molecule is CCOC1CC2(CCN(C3CCC(C(C)C)CC3)CC2)C1. The van der Waals surface area contributed by atoms with E-state index in [9.17, 15) is 0 Å². The van der Waals surface area contributed by atoms with Crippen LogP contribution < -0.4 is 0 Å². The summed E-state index contributed by atoms with van der Waals surface area (Å²) in [6.07, 6.45) is 12.0. The van der Waals surface area contributed by atoms with Crippen molar-refractivity contribution < 1.29 is 4.74 Å². The largest absolute Gasteiger partial charge is 0.378 e. The summed E-state index contributed by atoms with van der Waals surface area (Å²) in [7, 11) is 0. The number of nitrogens with zero attached hydrogens (tertiary/aromatic N) is 1. The zero-order valence-corrected chi connectivity index (χ0v) is 14.4. The molecule has 0 aromatic carbocycles. The van der Waals surface area contributed by atoms with Crippen LogP contribution in [0.4, 0.5) is 0 Å². The monoisotopic (exact) mass is 293 g/mol. The van der Waals surface area contributed by atoms with Crippen LogP contribution in [-0.2, 0) is 4.74 Å². The van der Waals surface area contributed by atoms with Gasteiger partial charge >= 0.3 is 0 Å². The van der Waals surface area contributed by atoms with Crippen LogP contribution in [0.15, 0.2) is 0 Å². The fourth-order valence-electron chi connectivity index (χ4n) is 5.16. The van der Waals surface area contributed by atoms with E-state index in [0.29, 0.717) is 11.5 Å². The van der Waals surface area contributed by atoms with Gasteiger partial charge in [0.15, 0.2) is 0 Å². The Labute approximate surface area is 131 Å².